The summed E-state index contributed by atoms with van der Waals surface area (Å²) in [6.45, 7) is 6.68. The van der Waals surface area contributed by atoms with Crippen molar-refractivity contribution in [3.05, 3.63) is 35.3 Å². The minimum absolute atomic E-state index is 0.0187. The Kier molecular flexibility index (Phi) is 5.68. The number of rotatable bonds is 6. The van der Waals surface area contributed by atoms with Gasteiger partial charge in [-0.15, -0.1) is 10.2 Å². The van der Waals surface area contributed by atoms with Crippen molar-refractivity contribution in [2.45, 2.75) is 26.2 Å². The van der Waals surface area contributed by atoms with Crippen LogP contribution in [0, 0.1) is 0 Å². The lowest BCUT2D eigenvalue weighted by atomic mass is 9.98. The molecule has 2 N–H and O–H groups in total. The summed E-state index contributed by atoms with van der Waals surface area (Å²) < 4.78 is 0. The van der Waals surface area contributed by atoms with Gasteiger partial charge in [-0.25, -0.2) is 0 Å². The van der Waals surface area contributed by atoms with E-state index in [0.717, 1.165) is 10.7 Å². The van der Waals surface area contributed by atoms with Crippen molar-refractivity contribution in [2.75, 3.05) is 29.9 Å². The second-order valence-corrected chi connectivity index (χ2v) is 7.17. The van der Waals surface area contributed by atoms with Crippen LogP contribution in [0.2, 0.25) is 0 Å². The molecule has 0 bridgehead atoms. The highest BCUT2D eigenvalue weighted by atomic mass is 32.1. The quantitative estimate of drug-likeness (QED) is 0.847. The maximum atomic E-state index is 12.2. The highest BCUT2D eigenvalue weighted by Gasteiger charge is 2.20. The van der Waals surface area contributed by atoms with E-state index in [1.165, 1.54) is 11.3 Å². The monoisotopic (exact) mass is 334 g/mol. The average Bonchev–Trinajstić information content (AvgIpc) is 2.96. The number of carbonyl (C=O) groups is 1. The van der Waals surface area contributed by atoms with Gasteiger partial charge < -0.3 is 10.0 Å². The summed E-state index contributed by atoms with van der Waals surface area (Å²) in [6.07, 6.45) is 0. The molecule has 6 nitrogen and oxygen atoms in total. The van der Waals surface area contributed by atoms with Crippen molar-refractivity contribution in [2.24, 2.45) is 0 Å². The summed E-state index contributed by atoms with van der Waals surface area (Å²) in [5, 5.41) is 21.5. The molecule has 23 heavy (non-hydrogen) atoms. The van der Waals surface area contributed by atoms with Crippen LogP contribution in [0.1, 0.15) is 25.8 Å². The van der Waals surface area contributed by atoms with Gasteiger partial charge >= 0.3 is 0 Å². The maximum Gasteiger partial charge on any atom is 0.245 e. The van der Waals surface area contributed by atoms with E-state index in [-0.39, 0.29) is 24.5 Å². The molecule has 0 aliphatic carbocycles. The van der Waals surface area contributed by atoms with Crippen LogP contribution in [-0.2, 0) is 10.2 Å². The molecule has 0 aliphatic heterocycles. The van der Waals surface area contributed by atoms with Crippen LogP contribution in [0.15, 0.2) is 30.3 Å². The Morgan fingerprint density at radius 2 is 1.96 bits per heavy atom. The number of hydrogen-bond acceptors (Lipinski definition) is 6. The van der Waals surface area contributed by atoms with E-state index in [1.807, 2.05) is 35.2 Å². The van der Waals surface area contributed by atoms with Crippen LogP contribution >= 0.6 is 11.3 Å². The van der Waals surface area contributed by atoms with Gasteiger partial charge in [-0.05, 0) is 12.1 Å². The predicted molar refractivity (Wildman–Crippen MR) is 93.0 cm³/mol. The van der Waals surface area contributed by atoms with Crippen LogP contribution in [0.4, 0.5) is 10.8 Å². The Bertz CT molecular complexity index is 637. The lowest BCUT2D eigenvalue weighted by Gasteiger charge is -2.22. The smallest absolute Gasteiger partial charge is 0.245 e. The number of nitrogens with zero attached hydrogens (tertiary/aromatic N) is 3. The predicted octanol–water partition coefficient (Wildman–Crippen LogP) is 2.27. The third-order valence-corrected chi connectivity index (χ3v) is 4.40. The number of carbonyl (C=O) groups excluding carboxylic acids is 1. The first-order chi connectivity index (χ1) is 10.9. The molecular formula is C16H22N4O2S. The molecule has 2 aromatic rings. The van der Waals surface area contributed by atoms with E-state index in [9.17, 15) is 9.90 Å². The molecule has 0 unspecified atom stereocenters. The van der Waals surface area contributed by atoms with Crippen molar-refractivity contribution in [3.63, 3.8) is 0 Å². The average molecular weight is 334 g/mol. The maximum absolute atomic E-state index is 12.2. The topological polar surface area (TPSA) is 78.4 Å². The minimum Gasteiger partial charge on any atom is -0.395 e. The first-order valence-corrected chi connectivity index (χ1v) is 8.26. The molecule has 124 valence electrons. The molecule has 0 radical (unpaired) electrons. The molecule has 0 saturated heterocycles. The standard InChI is InChI=1S/C16H22N4O2S/c1-16(2,3)14-18-19-15(23-14)17-13(22)11-20(9-10-21)12-7-5-4-6-8-12/h4-8,21H,9-11H2,1-3H3,(H,17,19,22). The summed E-state index contributed by atoms with van der Waals surface area (Å²) in [4.78, 5) is 14.1. The summed E-state index contributed by atoms with van der Waals surface area (Å²) in [6, 6.07) is 9.53. The molecule has 1 aromatic carbocycles. The molecule has 0 saturated carbocycles. The molecule has 0 aliphatic rings. The van der Waals surface area contributed by atoms with E-state index in [2.05, 4.69) is 36.3 Å². The van der Waals surface area contributed by atoms with Gasteiger partial charge in [0.05, 0.1) is 13.2 Å². The number of para-hydroxylation sites is 1. The van der Waals surface area contributed by atoms with Crippen molar-refractivity contribution in [1.29, 1.82) is 0 Å². The van der Waals surface area contributed by atoms with Crippen molar-refractivity contribution >= 4 is 28.1 Å². The van der Waals surface area contributed by atoms with Gasteiger partial charge in [0.15, 0.2) is 0 Å². The molecule has 2 rings (SSSR count). The zero-order chi connectivity index (χ0) is 16.9. The van der Waals surface area contributed by atoms with Gasteiger partial charge in [0.1, 0.15) is 5.01 Å². The molecule has 7 heteroatoms. The van der Waals surface area contributed by atoms with Crippen molar-refractivity contribution < 1.29 is 9.90 Å². The van der Waals surface area contributed by atoms with Gasteiger partial charge in [0, 0.05) is 17.6 Å². The third-order valence-electron chi connectivity index (χ3n) is 3.14. The molecular weight excluding hydrogens is 312 g/mol. The number of benzene rings is 1. The van der Waals surface area contributed by atoms with Crippen LogP contribution in [0.25, 0.3) is 0 Å². The molecule has 0 atom stereocenters. The van der Waals surface area contributed by atoms with Gasteiger partial charge in [-0.1, -0.05) is 50.3 Å². The van der Waals surface area contributed by atoms with E-state index in [0.29, 0.717) is 11.7 Å². The summed E-state index contributed by atoms with van der Waals surface area (Å²) in [5.74, 6) is -0.182. The van der Waals surface area contributed by atoms with Crippen LogP contribution in [0.5, 0.6) is 0 Å². The zero-order valence-electron chi connectivity index (χ0n) is 13.6. The fraction of sp³-hybridized carbons (Fsp3) is 0.438. The van der Waals surface area contributed by atoms with Gasteiger partial charge in [0.25, 0.3) is 0 Å². The van der Waals surface area contributed by atoms with Gasteiger partial charge in [-0.3, -0.25) is 10.1 Å². The van der Waals surface area contributed by atoms with E-state index < -0.39 is 0 Å². The largest absolute Gasteiger partial charge is 0.395 e. The Labute approximate surface area is 140 Å². The minimum atomic E-state index is -0.182. The number of aromatic nitrogens is 2. The van der Waals surface area contributed by atoms with Crippen molar-refractivity contribution in [3.8, 4) is 0 Å². The lowest BCUT2D eigenvalue weighted by molar-refractivity contribution is -0.115. The zero-order valence-corrected chi connectivity index (χ0v) is 14.4. The summed E-state index contributed by atoms with van der Waals surface area (Å²) in [5.41, 5.74) is 0.803. The Morgan fingerprint density at radius 3 is 2.52 bits per heavy atom. The van der Waals surface area contributed by atoms with E-state index >= 15 is 0 Å². The van der Waals surface area contributed by atoms with Crippen LogP contribution < -0.4 is 10.2 Å². The number of aliphatic hydroxyl groups is 1. The van der Waals surface area contributed by atoms with Crippen LogP contribution in [-0.4, -0.2) is 40.9 Å². The molecule has 1 aromatic heterocycles. The number of nitrogens with one attached hydrogen (secondary N) is 1. The summed E-state index contributed by atoms with van der Waals surface area (Å²) >= 11 is 1.38. The lowest BCUT2D eigenvalue weighted by Crippen LogP contribution is -2.35. The van der Waals surface area contributed by atoms with Crippen LogP contribution in [0.3, 0.4) is 0 Å². The van der Waals surface area contributed by atoms with E-state index in [4.69, 9.17) is 0 Å². The van der Waals surface area contributed by atoms with Gasteiger partial charge in [-0.2, -0.15) is 0 Å². The first-order valence-electron chi connectivity index (χ1n) is 7.45. The summed E-state index contributed by atoms with van der Waals surface area (Å²) in [7, 11) is 0. The third kappa shape index (κ3) is 5.01. The SMILES string of the molecule is CC(C)(C)c1nnc(NC(=O)CN(CCO)c2ccccc2)s1. The molecule has 1 amide bonds. The highest BCUT2D eigenvalue weighted by molar-refractivity contribution is 7.15. The first kappa shape index (κ1) is 17.4. The molecule has 0 fully saturated rings. The van der Waals surface area contributed by atoms with E-state index in [1.54, 1.807) is 0 Å². The second-order valence-electron chi connectivity index (χ2n) is 6.19. The highest BCUT2D eigenvalue weighted by Crippen LogP contribution is 2.27. The Balaban J connectivity index is 2.01. The molecule has 0 spiro atoms. The van der Waals surface area contributed by atoms with Gasteiger partial charge in [0.2, 0.25) is 11.0 Å². The second kappa shape index (κ2) is 7.52. The number of anilines is 2. The number of amides is 1. The fourth-order valence-corrected chi connectivity index (χ4v) is 2.79. The Hall–Kier alpha value is -1.99. The molecule has 1 heterocycles. The van der Waals surface area contributed by atoms with Crippen molar-refractivity contribution in [1.82, 2.24) is 10.2 Å². The number of hydrogen-bond donors (Lipinski definition) is 2. The number of aliphatic hydroxyl groups excluding tert-OH is 1. The Morgan fingerprint density at radius 1 is 1.26 bits per heavy atom. The normalized spacial score (nSPS) is 11.3. The fourth-order valence-electron chi connectivity index (χ4n) is 1.97.